The normalized spacial score (nSPS) is 17.0. The molecule has 1 aliphatic heterocycles. The van der Waals surface area contributed by atoms with E-state index in [2.05, 4.69) is 26.2 Å². The lowest BCUT2D eigenvalue weighted by molar-refractivity contribution is -0.116. The highest BCUT2D eigenvalue weighted by atomic mass is 79.9. The van der Waals surface area contributed by atoms with Crippen LogP contribution in [0.4, 0.5) is 5.82 Å². The van der Waals surface area contributed by atoms with E-state index in [0.717, 1.165) is 10.0 Å². The van der Waals surface area contributed by atoms with Crippen molar-refractivity contribution in [2.75, 3.05) is 11.6 Å². The predicted molar refractivity (Wildman–Crippen MR) is 90.5 cm³/mol. The average molecular weight is 380 g/mol. The molecule has 7 heteroatoms. The molecular weight excluding hydrogens is 366 g/mol. The number of nitrogens with one attached hydrogen (secondary N) is 1. The Balaban J connectivity index is 2.27. The van der Waals surface area contributed by atoms with Crippen molar-refractivity contribution in [1.29, 1.82) is 0 Å². The van der Waals surface area contributed by atoms with Gasteiger partial charge in [-0.05, 0) is 17.9 Å². The van der Waals surface area contributed by atoms with Gasteiger partial charge in [0.2, 0.25) is 5.91 Å². The van der Waals surface area contributed by atoms with Crippen LogP contribution < -0.4 is 10.9 Å². The lowest BCUT2D eigenvalue weighted by atomic mass is 9.87. The van der Waals surface area contributed by atoms with Gasteiger partial charge in [0.25, 0.3) is 5.56 Å². The minimum atomic E-state index is -0.290. The number of carbonyl (C=O) groups is 1. The molecule has 0 saturated carbocycles. The lowest BCUT2D eigenvalue weighted by Gasteiger charge is -2.27. The van der Waals surface area contributed by atoms with Gasteiger partial charge in [-0.25, -0.2) is 0 Å². The zero-order valence-corrected chi connectivity index (χ0v) is 14.5. The summed E-state index contributed by atoms with van der Waals surface area (Å²) in [6.45, 7) is 0. The van der Waals surface area contributed by atoms with Crippen LogP contribution in [-0.4, -0.2) is 21.7 Å². The number of hydrogen-bond donors (Lipinski definition) is 1. The summed E-state index contributed by atoms with van der Waals surface area (Å²) in [6, 6.07) is 7.65. The zero-order valence-electron chi connectivity index (χ0n) is 12.1. The molecule has 1 unspecified atom stereocenters. The van der Waals surface area contributed by atoms with Gasteiger partial charge in [0.1, 0.15) is 5.82 Å². The summed E-state index contributed by atoms with van der Waals surface area (Å²) in [5, 5.41) is 3.40. The van der Waals surface area contributed by atoms with Crippen LogP contribution in [0.1, 0.15) is 23.5 Å². The van der Waals surface area contributed by atoms with Crippen LogP contribution in [0.5, 0.6) is 0 Å². The number of anilines is 1. The van der Waals surface area contributed by atoms with Gasteiger partial charge in [-0.1, -0.05) is 45.9 Å². The van der Waals surface area contributed by atoms with E-state index in [1.807, 2.05) is 30.5 Å². The summed E-state index contributed by atoms with van der Waals surface area (Å²) < 4.78 is 2.65. The van der Waals surface area contributed by atoms with Crippen LogP contribution in [-0.2, 0) is 11.8 Å². The first-order chi connectivity index (χ1) is 10.5. The molecule has 0 spiro atoms. The second kappa shape index (κ2) is 5.89. The minimum absolute atomic E-state index is 0.0958. The summed E-state index contributed by atoms with van der Waals surface area (Å²) in [5.74, 6) is 0.157. The Morgan fingerprint density at radius 3 is 2.77 bits per heavy atom. The maximum atomic E-state index is 12.5. The van der Waals surface area contributed by atoms with Crippen molar-refractivity contribution in [2.45, 2.75) is 17.5 Å². The summed E-state index contributed by atoms with van der Waals surface area (Å²) in [6.07, 6.45) is 2.09. The van der Waals surface area contributed by atoms with E-state index in [4.69, 9.17) is 0 Å². The Bertz CT molecular complexity index is 819. The molecular formula is C15H14BrN3O2S. The average Bonchev–Trinajstić information content (AvgIpc) is 2.50. The molecule has 0 aliphatic carbocycles. The van der Waals surface area contributed by atoms with Crippen LogP contribution in [0, 0.1) is 0 Å². The number of aromatic nitrogens is 2. The largest absolute Gasteiger partial charge is 0.312 e. The van der Waals surface area contributed by atoms with Gasteiger partial charge in [0.05, 0.1) is 5.56 Å². The second-order valence-corrected chi connectivity index (χ2v) is 6.68. The topological polar surface area (TPSA) is 64.0 Å². The van der Waals surface area contributed by atoms with Gasteiger partial charge in [-0.3, -0.25) is 9.59 Å². The van der Waals surface area contributed by atoms with Gasteiger partial charge in [-0.15, -0.1) is 0 Å². The maximum absolute atomic E-state index is 12.5. The molecule has 0 bridgehead atoms. The third-order valence-corrected chi connectivity index (χ3v) is 5.22. The summed E-state index contributed by atoms with van der Waals surface area (Å²) in [5.41, 5.74) is 1.19. The lowest BCUT2D eigenvalue weighted by Crippen LogP contribution is -2.33. The van der Waals surface area contributed by atoms with Crippen molar-refractivity contribution in [3.8, 4) is 0 Å². The van der Waals surface area contributed by atoms with E-state index in [0.29, 0.717) is 16.5 Å². The highest BCUT2D eigenvalue weighted by molar-refractivity contribution is 9.10. The molecule has 0 saturated heterocycles. The highest BCUT2D eigenvalue weighted by Crippen LogP contribution is 2.38. The molecule has 1 aromatic carbocycles. The number of carbonyl (C=O) groups excluding carboxylic acids is 1. The van der Waals surface area contributed by atoms with E-state index in [1.165, 1.54) is 11.8 Å². The molecule has 0 radical (unpaired) electrons. The second-order valence-electron chi connectivity index (χ2n) is 5.05. The molecule has 22 heavy (non-hydrogen) atoms. The van der Waals surface area contributed by atoms with Crippen LogP contribution >= 0.6 is 27.7 Å². The van der Waals surface area contributed by atoms with Crippen LogP contribution in [0.2, 0.25) is 0 Å². The Labute approximate surface area is 140 Å². The molecule has 3 rings (SSSR count). The molecule has 0 fully saturated rings. The van der Waals surface area contributed by atoms with Crippen LogP contribution in [0.3, 0.4) is 0 Å². The fraction of sp³-hybridized carbons (Fsp3) is 0.267. The Kier molecular flexibility index (Phi) is 4.10. The van der Waals surface area contributed by atoms with Gasteiger partial charge < -0.3 is 9.88 Å². The molecule has 114 valence electrons. The Hall–Kier alpha value is -1.60. The van der Waals surface area contributed by atoms with Crippen molar-refractivity contribution >= 4 is 39.4 Å². The van der Waals surface area contributed by atoms with E-state index < -0.39 is 0 Å². The summed E-state index contributed by atoms with van der Waals surface area (Å²) in [4.78, 5) is 28.7. The molecule has 1 aliphatic rings. The maximum Gasteiger partial charge on any atom is 0.279 e. The molecule has 2 heterocycles. The molecule has 2 aromatic rings. The van der Waals surface area contributed by atoms with E-state index in [1.54, 1.807) is 11.6 Å². The smallest absolute Gasteiger partial charge is 0.279 e. The Morgan fingerprint density at radius 1 is 1.36 bits per heavy atom. The fourth-order valence-corrected chi connectivity index (χ4v) is 3.84. The first-order valence-electron chi connectivity index (χ1n) is 6.72. The SMILES string of the molecule is CSc1nc(=O)c2c(n1C)NC(=O)CC2c1ccccc1Br. The first-order valence-corrected chi connectivity index (χ1v) is 8.74. The Morgan fingerprint density at radius 2 is 2.09 bits per heavy atom. The number of amides is 1. The van der Waals surface area contributed by atoms with E-state index in [-0.39, 0.29) is 23.8 Å². The summed E-state index contributed by atoms with van der Waals surface area (Å²) in [7, 11) is 1.81. The number of hydrogen-bond acceptors (Lipinski definition) is 4. The monoisotopic (exact) mass is 379 g/mol. The molecule has 1 N–H and O–H groups in total. The van der Waals surface area contributed by atoms with Crippen molar-refractivity contribution in [2.24, 2.45) is 7.05 Å². The van der Waals surface area contributed by atoms with Crippen molar-refractivity contribution < 1.29 is 4.79 Å². The van der Waals surface area contributed by atoms with Gasteiger partial charge >= 0.3 is 0 Å². The molecule has 1 amide bonds. The number of benzene rings is 1. The van der Waals surface area contributed by atoms with Gasteiger partial charge in [0, 0.05) is 23.9 Å². The number of nitrogens with zero attached hydrogens (tertiary/aromatic N) is 2. The molecule has 1 aromatic heterocycles. The van der Waals surface area contributed by atoms with Crippen molar-refractivity contribution in [3.63, 3.8) is 0 Å². The van der Waals surface area contributed by atoms with E-state index >= 15 is 0 Å². The van der Waals surface area contributed by atoms with Crippen LogP contribution in [0.25, 0.3) is 0 Å². The standard InChI is InChI=1S/C15H14BrN3O2S/c1-19-13-12(14(21)18-15(19)22-2)9(7-11(20)17-13)8-5-3-4-6-10(8)16/h3-6,9H,7H2,1-2H3,(H,17,20). The number of rotatable bonds is 2. The predicted octanol–water partition coefficient (Wildman–Crippen LogP) is 2.74. The third-order valence-electron chi connectivity index (χ3n) is 3.76. The fourth-order valence-electron chi connectivity index (χ4n) is 2.74. The van der Waals surface area contributed by atoms with Crippen molar-refractivity contribution in [3.05, 3.63) is 50.2 Å². The first kappa shape index (κ1) is 15.3. The van der Waals surface area contributed by atoms with Gasteiger partial charge in [-0.2, -0.15) is 4.98 Å². The zero-order chi connectivity index (χ0) is 15.9. The summed E-state index contributed by atoms with van der Waals surface area (Å²) >= 11 is 4.88. The third kappa shape index (κ3) is 2.48. The molecule has 1 atom stereocenters. The number of fused-ring (bicyclic) bond motifs is 1. The molecule has 5 nitrogen and oxygen atoms in total. The van der Waals surface area contributed by atoms with Gasteiger partial charge in [0.15, 0.2) is 5.16 Å². The van der Waals surface area contributed by atoms with E-state index in [9.17, 15) is 9.59 Å². The van der Waals surface area contributed by atoms with Crippen LogP contribution in [0.15, 0.2) is 38.7 Å². The highest BCUT2D eigenvalue weighted by Gasteiger charge is 2.32. The number of thioether (sulfide) groups is 1. The van der Waals surface area contributed by atoms with Crippen molar-refractivity contribution in [1.82, 2.24) is 9.55 Å². The quantitative estimate of drug-likeness (QED) is 0.643. The minimum Gasteiger partial charge on any atom is -0.312 e. The number of halogens is 1.